The van der Waals surface area contributed by atoms with Gasteiger partial charge in [0.1, 0.15) is 0 Å². The summed E-state index contributed by atoms with van der Waals surface area (Å²) in [5.41, 5.74) is 10.3. The average molecular weight is 598 g/mol. The molecule has 0 aromatic heterocycles. The summed E-state index contributed by atoms with van der Waals surface area (Å²) >= 11 is -4.59. The van der Waals surface area contributed by atoms with Crippen molar-refractivity contribution in [1.82, 2.24) is 0 Å². The SMILES string of the molecule is CC1=C2CCC3=C(C)c4ccccc4[CH]3[Zr]([O]c3ccc(F)cc3)([O]c3ccc(F)cc3)[CH]2c2ccccc21. The van der Waals surface area contributed by atoms with Crippen LogP contribution in [0.15, 0.2) is 108 Å². The van der Waals surface area contributed by atoms with Crippen molar-refractivity contribution in [2.75, 3.05) is 0 Å². The molecule has 0 spiro atoms. The second-order valence-corrected chi connectivity index (χ2v) is 18.1. The van der Waals surface area contributed by atoms with Crippen LogP contribution in [0.5, 0.6) is 11.5 Å². The minimum absolute atomic E-state index is 0.0212. The van der Waals surface area contributed by atoms with Gasteiger partial charge < -0.3 is 0 Å². The first-order chi connectivity index (χ1) is 19.0. The van der Waals surface area contributed by atoms with Crippen LogP contribution in [0.25, 0.3) is 11.1 Å². The number of halogens is 2. The number of hydrogen-bond donors (Lipinski definition) is 0. The number of benzene rings is 4. The molecule has 7 rings (SSSR count). The number of hydrogen-bond acceptors (Lipinski definition) is 2. The Hall–Kier alpha value is -3.30. The Labute approximate surface area is 233 Å². The van der Waals surface area contributed by atoms with E-state index in [0.717, 1.165) is 12.8 Å². The van der Waals surface area contributed by atoms with E-state index in [0.29, 0.717) is 11.5 Å². The van der Waals surface area contributed by atoms with Crippen molar-refractivity contribution in [2.24, 2.45) is 0 Å². The van der Waals surface area contributed by atoms with Crippen LogP contribution < -0.4 is 5.63 Å². The van der Waals surface area contributed by atoms with Gasteiger partial charge in [-0.2, -0.15) is 0 Å². The number of rotatable bonds is 4. The molecule has 194 valence electrons. The summed E-state index contributed by atoms with van der Waals surface area (Å²) in [6.45, 7) is 4.44. The van der Waals surface area contributed by atoms with E-state index in [1.807, 2.05) is 0 Å². The zero-order valence-corrected chi connectivity index (χ0v) is 24.3. The van der Waals surface area contributed by atoms with Crippen LogP contribution in [0.2, 0.25) is 0 Å². The van der Waals surface area contributed by atoms with Gasteiger partial charge in [0.2, 0.25) is 0 Å². The third-order valence-electron chi connectivity index (χ3n) is 8.66. The standard InChI is InChI=1S/C22H20.2C6H5FO.Zr/c1-15-17(13-19-7-3-5-9-21(15)19)11-12-18-14-20-8-4-6-10-22(20)16(18)2;2*7-5-1-3-6(8)4-2-5;/h3-10,13-14H,11-12H2,1-2H3;2*1-4,8H;/q;;;+2/p-2. The first-order valence-electron chi connectivity index (χ1n) is 13.4. The Morgan fingerprint density at radius 1 is 0.564 bits per heavy atom. The molecule has 2 aliphatic carbocycles. The Morgan fingerprint density at radius 2 is 0.949 bits per heavy atom. The summed E-state index contributed by atoms with van der Waals surface area (Å²) in [5, 5.41) is 0. The third kappa shape index (κ3) is 3.89. The van der Waals surface area contributed by atoms with E-state index in [2.05, 4.69) is 62.4 Å². The van der Waals surface area contributed by atoms with Gasteiger partial charge in [-0.3, -0.25) is 0 Å². The summed E-state index contributed by atoms with van der Waals surface area (Å²) in [7, 11) is 0. The molecule has 3 aliphatic rings. The molecule has 0 saturated carbocycles. The molecule has 0 amide bonds. The summed E-state index contributed by atoms with van der Waals surface area (Å²) in [6, 6.07) is 29.8. The fraction of sp³-hybridized carbons (Fsp3) is 0.176. The number of fused-ring (bicyclic) bond motifs is 6. The van der Waals surface area contributed by atoms with Crippen LogP contribution in [0.1, 0.15) is 56.2 Å². The van der Waals surface area contributed by atoms with Gasteiger partial charge in [-0.05, 0) is 0 Å². The van der Waals surface area contributed by atoms with Crippen molar-refractivity contribution in [2.45, 2.75) is 33.9 Å². The molecule has 2 unspecified atom stereocenters. The molecule has 1 aliphatic heterocycles. The van der Waals surface area contributed by atoms with E-state index in [1.165, 1.54) is 68.8 Å². The molecule has 0 radical (unpaired) electrons. The fourth-order valence-corrected chi connectivity index (χ4v) is 19.1. The van der Waals surface area contributed by atoms with E-state index in [-0.39, 0.29) is 18.9 Å². The molecular formula is C34H28F2O2Zr. The third-order valence-corrected chi connectivity index (χ3v) is 18.6. The van der Waals surface area contributed by atoms with Crippen LogP contribution in [-0.2, 0) is 21.1 Å². The first-order valence-corrected chi connectivity index (χ1v) is 18.3. The van der Waals surface area contributed by atoms with Crippen molar-refractivity contribution in [1.29, 1.82) is 0 Å². The van der Waals surface area contributed by atoms with Crippen LogP contribution >= 0.6 is 0 Å². The van der Waals surface area contributed by atoms with Gasteiger partial charge in [-0.15, -0.1) is 0 Å². The quantitative estimate of drug-likeness (QED) is 0.233. The maximum absolute atomic E-state index is 14.0. The van der Waals surface area contributed by atoms with Crippen molar-refractivity contribution in [3.05, 3.63) is 142 Å². The zero-order valence-electron chi connectivity index (χ0n) is 21.9. The van der Waals surface area contributed by atoms with E-state index in [9.17, 15) is 8.78 Å². The molecule has 2 nitrogen and oxygen atoms in total. The van der Waals surface area contributed by atoms with Gasteiger partial charge in [0.25, 0.3) is 0 Å². The van der Waals surface area contributed by atoms with Crippen molar-refractivity contribution in [3.8, 4) is 11.5 Å². The van der Waals surface area contributed by atoms with Crippen LogP contribution in [-0.4, -0.2) is 0 Å². The predicted octanol–water partition coefficient (Wildman–Crippen LogP) is 9.26. The van der Waals surface area contributed by atoms with Gasteiger partial charge in [0.05, 0.1) is 0 Å². The molecule has 5 heteroatoms. The van der Waals surface area contributed by atoms with Crippen LogP contribution in [0.3, 0.4) is 0 Å². The molecule has 4 aromatic carbocycles. The summed E-state index contributed by atoms with van der Waals surface area (Å²) < 4.78 is 42.6. The zero-order chi connectivity index (χ0) is 26.7. The summed E-state index contributed by atoms with van der Waals surface area (Å²) in [4.78, 5) is 0. The monoisotopic (exact) mass is 596 g/mol. The average Bonchev–Trinajstić information content (AvgIpc) is 3.35. The molecule has 4 aromatic rings. The normalized spacial score (nSPS) is 20.6. The van der Waals surface area contributed by atoms with Gasteiger partial charge in [-0.25, -0.2) is 0 Å². The molecule has 2 atom stereocenters. The molecule has 1 saturated heterocycles. The first kappa shape index (κ1) is 24.7. The minimum atomic E-state index is -4.59. The van der Waals surface area contributed by atoms with Crippen molar-refractivity contribution >= 4 is 11.1 Å². The van der Waals surface area contributed by atoms with E-state index >= 15 is 0 Å². The van der Waals surface area contributed by atoms with Gasteiger partial charge >= 0.3 is 234 Å². The van der Waals surface area contributed by atoms with E-state index in [1.54, 1.807) is 24.3 Å². The Balaban J connectivity index is 1.54. The predicted molar refractivity (Wildman–Crippen MR) is 147 cm³/mol. The van der Waals surface area contributed by atoms with Crippen molar-refractivity contribution < 1.29 is 35.6 Å². The molecule has 1 fully saturated rings. The van der Waals surface area contributed by atoms with Gasteiger partial charge in [0.15, 0.2) is 0 Å². The Bertz CT molecular complexity index is 1530. The van der Waals surface area contributed by atoms with E-state index < -0.39 is 21.1 Å². The van der Waals surface area contributed by atoms with Gasteiger partial charge in [0, 0.05) is 0 Å². The molecule has 0 N–H and O–H groups in total. The van der Waals surface area contributed by atoms with Gasteiger partial charge in [-0.1, -0.05) is 0 Å². The number of allylic oxidation sites excluding steroid dienone is 4. The molecule has 39 heavy (non-hydrogen) atoms. The topological polar surface area (TPSA) is 18.5 Å². The Kier molecular flexibility index (Phi) is 5.97. The summed E-state index contributed by atoms with van der Waals surface area (Å²) in [5.74, 6) is 0.604. The second-order valence-electron chi connectivity index (χ2n) is 10.7. The summed E-state index contributed by atoms with van der Waals surface area (Å²) in [6.07, 6.45) is 1.86. The molecular weight excluding hydrogens is 570 g/mol. The fourth-order valence-electron chi connectivity index (χ4n) is 6.98. The van der Waals surface area contributed by atoms with Crippen LogP contribution in [0, 0.1) is 11.6 Å². The molecule has 1 heterocycles. The van der Waals surface area contributed by atoms with E-state index in [4.69, 9.17) is 5.63 Å². The van der Waals surface area contributed by atoms with Crippen molar-refractivity contribution in [3.63, 3.8) is 0 Å². The maximum atomic E-state index is 14.0. The van der Waals surface area contributed by atoms with Crippen LogP contribution in [0.4, 0.5) is 8.78 Å². The Morgan fingerprint density at radius 3 is 1.36 bits per heavy atom. The molecule has 0 bridgehead atoms. The second kappa shape index (κ2) is 9.42.